The summed E-state index contributed by atoms with van der Waals surface area (Å²) in [5.41, 5.74) is 2.82. The first-order chi connectivity index (χ1) is 10.2. The molecule has 0 atom stereocenters. The lowest BCUT2D eigenvalue weighted by Gasteiger charge is -2.08. The van der Waals surface area contributed by atoms with Crippen LogP contribution in [0.3, 0.4) is 0 Å². The Hall–Kier alpha value is -2.51. The molecule has 0 saturated heterocycles. The molecule has 0 aliphatic heterocycles. The third-order valence-corrected chi connectivity index (χ3v) is 3.78. The van der Waals surface area contributed by atoms with E-state index < -0.39 is 0 Å². The van der Waals surface area contributed by atoms with Gasteiger partial charge >= 0.3 is 0 Å². The number of aryl methyl sites for hydroxylation is 1. The monoisotopic (exact) mass is 299 g/mol. The van der Waals surface area contributed by atoms with Crippen LogP contribution in [0.2, 0.25) is 0 Å². The largest absolute Gasteiger partial charge is 0.308 e. The lowest BCUT2D eigenvalue weighted by Crippen LogP contribution is -2.16. The average molecular weight is 299 g/mol. The molecule has 0 spiro atoms. The lowest BCUT2D eigenvalue weighted by molar-refractivity contribution is 0.102. The van der Waals surface area contributed by atoms with Crippen molar-refractivity contribution in [3.8, 4) is 0 Å². The van der Waals surface area contributed by atoms with Gasteiger partial charge in [0, 0.05) is 16.5 Å². The van der Waals surface area contributed by atoms with Crippen LogP contribution < -0.4 is 16.6 Å². The van der Waals surface area contributed by atoms with Crippen LogP contribution >= 0.6 is 11.3 Å². The fourth-order valence-electron chi connectivity index (χ4n) is 2.00. The van der Waals surface area contributed by atoms with Gasteiger partial charge in [0.1, 0.15) is 11.5 Å². The number of nitrogens with one attached hydrogen (secondary N) is 2. The fraction of sp³-hybridized carbons (Fsp3) is 0.0714. The van der Waals surface area contributed by atoms with Crippen LogP contribution in [0.4, 0.5) is 10.9 Å². The number of anilines is 2. The van der Waals surface area contributed by atoms with Gasteiger partial charge < -0.3 is 5.43 Å². The minimum Gasteiger partial charge on any atom is -0.308 e. The molecule has 0 aliphatic carbocycles. The summed E-state index contributed by atoms with van der Waals surface area (Å²) in [6.07, 6.45) is 1.71. The summed E-state index contributed by atoms with van der Waals surface area (Å²) in [4.78, 5) is 21.6. The lowest BCUT2D eigenvalue weighted by atomic mass is 10.1. The molecule has 2 aromatic heterocycles. The van der Waals surface area contributed by atoms with E-state index in [9.17, 15) is 4.79 Å². The minimum absolute atomic E-state index is 0.287. The van der Waals surface area contributed by atoms with Crippen molar-refractivity contribution in [1.82, 2.24) is 9.97 Å². The smallest absolute Gasteiger partial charge is 0.276 e. The Morgan fingerprint density at radius 3 is 2.86 bits per heavy atom. The second kappa shape index (κ2) is 5.47. The van der Waals surface area contributed by atoms with E-state index in [2.05, 4.69) is 20.7 Å². The van der Waals surface area contributed by atoms with Gasteiger partial charge in [0.25, 0.3) is 5.91 Å². The zero-order valence-electron chi connectivity index (χ0n) is 11.3. The first-order valence-electron chi connectivity index (χ1n) is 6.27. The maximum atomic E-state index is 12.3. The van der Waals surface area contributed by atoms with Crippen LogP contribution in [0.15, 0.2) is 36.5 Å². The molecular weight excluding hydrogens is 286 g/mol. The number of hydrogen-bond acceptors (Lipinski definition) is 6. The van der Waals surface area contributed by atoms with Gasteiger partial charge in [-0.15, -0.1) is 11.3 Å². The molecule has 0 radical (unpaired) electrons. The third kappa shape index (κ3) is 2.69. The Kier molecular flexibility index (Phi) is 3.51. The van der Waals surface area contributed by atoms with Crippen molar-refractivity contribution in [1.29, 1.82) is 0 Å². The van der Waals surface area contributed by atoms with Crippen LogP contribution in [0.5, 0.6) is 0 Å². The highest BCUT2D eigenvalue weighted by molar-refractivity contribution is 7.15. The van der Waals surface area contributed by atoms with Crippen LogP contribution in [0.1, 0.15) is 15.4 Å². The Labute approximate surface area is 125 Å². The summed E-state index contributed by atoms with van der Waals surface area (Å²) in [5.74, 6) is 5.64. The number of amides is 1. The summed E-state index contributed by atoms with van der Waals surface area (Å²) in [6, 6.07) is 9.31. The van der Waals surface area contributed by atoms with Crippen molar-refractivity contribution in [2.24, 2.45) is 5.84 Å². The molecule has 6 nitrogen and oxygen atoms in total. The molecule has 0 saturated carbocycles. The van der Waals surface area contributed by atoms with Crippen molar-refractivity contribution in [2.45, 2.75) is 6.92 Å². The van der Waals surface area contributed by atoms with Crippen LogP contribution in [-0.2, 0) is 0 Å². The summed E-state index contributed by atoms with van der Waals surface area (Å²) in [7, 11) is 0. The van der Waals surface area contributed by atoms with E-state index in [1.165, 1.54) is 11.3 Å². The molecule has 0 unspecified atom stereocenters. The number of nitrogens with zero attached hydrogens (tertiary/aromatic N) is 2. The third-order valence-electron chi connectivity index (χ3n) is 2.95. The molecule has 21 heavy (non-hydrogen) atoms. The molecular formula is C14H13N5OS. The maximum absolute atomic E-state index is 12.3. The van der Waals surface area contributed by atoms with Gasteiger partial charge in [-0.25, -0.2) is 15.8 Å². The number of nitrogen functional groups attached to an aromatic ring is 1. The van der Waals surface area contributed by atoms with Gasteiger partial charge in [0.05, 0.1) is 0 Å². The number of fused-ring (bicyclic) bond motifs is 1. The Morgan fingerprint density at radius 1 is 1.33 bits per heavy atom. The molecule has 106 valence electrons. The predicted molar refractivity (Wildman–Crippen MR) is 84.4 cm³/mol. The molecule has 3 aromatic rings. The maximum Gasteiger partial charge on any atom is 0.276 e. The van der Waals surface area contributed by atoms with Gasteiger partial charge in [-0.05, 0) is 18.4 Å². The van der Waals surface area contributed by atoms with Crippen LogP contribution in [0, 0.1) is 6.92 Å². The van der Waals surface area contributed by atoms with E-state index in [1.807, 2.05) is 31.2 Å². The second-order valence-corrected chi connectivity index (χ2v) is 5.69. The first kappa shape index (κ1) is 13.5. The van der Waals surface area contributed by atoms with Crippen molar-refractivity contribution in [2.75, 3.05) is 10.7 Å². The molecule has 4 N–H and O–H groups in total. The van der Waals surface area contributed by atoms with Crippen LogP contribution in [-0.4, -0.2) is 15.9 Å². The minimum atomic E-state index is -0.313. The number of carbonyl (C=O) groups is 1. The van der Waals surface area contributed by atoms with Crippen molar-refractivity contribution in [3.63, 3.8) is 0 Å². The molecule has 0 aliphatic rings. The van der Waals surface area contributed by atoms with E-state index in [-0.39, 0.29) is 11.6 Å². The molecule has 1 amide bonds. The highest BCUT2D eigenvalue weighted by Gasteiger charge is 2.13. The van der Waals surface area contributed by atoms with Gasteiger partial charge in [-0.3, -0.25) is 10.1 Å². The highest BCUT2D eigenvalue weighted by Crippen LogP contribution is 2.23. The highest BCUT2D eigenvalue weighted by atomic mass is 32.1. The average Bonchev–Trinajstić information content (AvgIpc) is 2.91. The molecule has 0 bridgehead atoms. The van der Waals surface area contributed by atoms with Crippen molar-refractivity contribution < 1.29 is 4.79 Å². The number of rotatable bonds is 3. The number of hydrogen-bond donors (Lipinski definition) is 3. The van der Waals surface area contributed by atoms with Crippen LogP contribution in [0.25, 0.3) is 10.8 Å². The van der Waals surface area contributed by atoms with E-state index >= 15 is 0 Å². The summed E-state index contributed by atoms with van der Waals surface area (Å²) < 4.78 is 0. The standard InChI is InChI=1S/C14H13N5OS/c1-8-7-16-14(21-8)18-13(20)11-6-9-4-2-3-5-10(9)12(17-11)19-15/h2-7H,15H2,1H3,(H,17,19)(H,16,18,20). The molecule has 3 rings (SSSR count). The molecule has 0 fully saturated rings. The molecule has 1 aromatic carbocycles. The number of carbonyl (C=O) groups excluding carboxylic acids is 1. The van der Waals surface area contributed by atoms with Gasteiger partial charge in [-0.2, -0.15) is 0 Å². The summed E-state index contributed by atoms with van der Waals surface area (Å²) in [5, 5.41) is 5.04. The Bertz CT molecular complexity index is 814. The number of aromatic nitrogens is 2. The number of hydrazine groups is 1. The van der Waals surface area contributed by atoms with E-state index in [0.717, 1.165) is 15.6 Å². The quantitative estimate of drug-likeness (QED) is 0.510. The van der Waals surface area contributed by atoms with Gasteiger partial charge in [0.15, 0.2) is 5.13 Å². The number of pyridine rings is 1. The number of nitrogens with two attached hydrogens (primary N) is 1. The molecule has 2 heterocycles. The molecule has 7 heteroatoms. The SMILES string of the molecule is Cc1cnc(NC(=O)c2cc3ccccc3c(NN)n2)s1. The summed E-state index contributed by atoms with van der Waals surface area (Å²) in [6.45, 7) is 1.93. The van der Waals surface area contributed by atoms with Crippen molar-refractivity contribution in [3.05, 3.63) is 47.1 Å². The number of benzene rings is 1. The van der Waals surface area contributed by atoms with E-state index in [1.54, 1.807) is 12.3 Å². The Morgan fingerprint density at radius 2 is 2.14 bits per heavy atom. The second-order valence-electron chi connectivity index (χ2n) is 4.45. The topological polar surface area (TPSA) is 92.9 Å². The summed E-state index contributed by atoms with van der Waals surface area (Å²) >= 11 is 1.41. The van der Waals surface area contributed by atoms with Gasteiger partial charge in [0.2, 0.25) is 0 Å². The zero-order valence-corrected chi connectivity index (χ0v) is 12.1. The normalized spacial score (nSPS) is 10.6. The fourth-order valence-corrected chi connectivity index (χ4v) is 2.66. The first-order valence-corrected chi connectivity index (χ1v) is 7.09. The zero-order chi connectivity index (χ0) is 14.8. The van der Waals surface area contributed by atoms with Gasteiger partial charge in [-0.1, -0.05) is 24.3 Å². The predicted octanol–water partition coefficient (Wildman–Crippen LogP) is 2.54. The van der Waals surface area contributed by atoms with E-state index in [0.29, 0.717) is 10.9 Å². The Balaban J connectivity index is 1.98. The number of thiazole rings is 1. The van der Waals surface area contributed by atoms with Crippen molar-refractivity contribution >= 4 is 39.0 Å². The van der Waals surface area contributed by atoms with E-state index in [4.69, 9.17) is 5.84 Å².